The second-order valence-electron chi connectivity index (χ2n) is 16.0. The molecule has 6 heteroatoms. The molecule has 63 heavy (non-hydrogen) atoms. The minimum atomic E-state index is 0.642. The van der Waals surface area contributed by atoms with Crippen LogP contribution in [0.1, 0.15) is 0 Å². The molecule has 0 amide bonds. The van der Waals surface area contributed by atoms with Crippen LogP contribution >= 0.6 is 11.3 Å². The largest absolute Gasteiger partial charge is 0.309 e. The molecule has 0 saturated carbocycles. The van der Waals surface area contributed by atoms with Crippen molar-refractivity contribution in [3.05, 3.63) is 212 Å². The van der Waals surface area contributed by atoms with Crippen LogP contribution in [0.3, 0.4) is 0 Å². The zero-order valence-corrected chi connectivity index (χ0v) is 34.7. The Kier molecular flexibility index (Phi) is 8.01. The summed E-state index contributed by atoms with van der Waals surface area (Å²) in [4.78, 5) is 15.3. The molecule has 0 aliphatic heterocycles. The maximum absolute atomic E-state index is 5.24. The predicted molar refractivity (Wildman–Crippen MR) is 263 cm³/mol. The monoisotopic (exact) mass is 821 g/mol. The van der Waals surface area contributed by atoms with Gasteiger partial charge in [0.2, 0.25) is 5.95 Å². The average Bonchev–Trinajstić information content (AvgIpc) is 4.02. The molecule has 13 aromatic rings. The second-order valence-corrected chi connectivity index (χ2v) is 17.1. The predicted octanol–water partition coefficient (Wildman–Crippen LogP) is 15.1. The molecule has 0 spiro atoms. The van der Waals surface area contributed by atoms with E-state index in [0.717, 1.165) is 66.7 Å². The Morgan fingerprint density at radius 2 is 0.921 bits per heavy atom. The Labute approximate surface area is 366 Å². The van der Waals surface area contributed by atoms with E-state index in [-0.39, 0.29) is 0 Å². The van der Waals surface area contributed by atoms with Crippen LogP contribution in [-0.4, -0.2) is 24.1 Å². The van der Waals surface area contributed by atoms with E-state index in [4.69, 9.17) is 15.0 Å². The van der Waals surface area contributed by atoms with Crippen molar-refractivity contribution in [1.82, 2.24) is 24.1 Å². The van der Waals surface area contributed by atoms with Crippen LogP contribution in [0, 0.1) is 0 Å². The van der Waals surface area contributed by atoms with Crippen molar-refractivity contribution in [2.75, 3.05) is 0 Å². The van der Waals surface area contributed by atoms with Crippen molar-refractivity contribution in [2.45, 2.75) is 0 Å². The number of aromatic nitrogens is 5. The fraction of sp³-hybridized carbons (Fsp3) is 0. The summed E-state index contributed by atoms with van der Waals surface area (Å²) in [5.74, 6) is 0.642. The summed E-state index contributed by atoms with van der Waals surface area (Å²) < 4.78 is 7.11. The smallest absolute Gasteiger partial charge is 0.235 e. The molecule has 13 rings (SSSR count). The van der Waals surface area contributed by atoms with Gasteiger partial charge >= 0.3 is 0 Å². The molecule has 0 saturated heterocycles. The highest BCUT2D eigenvalue weighted by Gasteiger charge is 2.19. The van der Waals surface area contributed by atoms with Crippen molar-refractivity contribution >= 4 is 75.3 Å². The number of para-hydroxylation sites is 2. The Balaban J connectivity index is 0.947. The third-order valence-corrected chi connectivity index (χ3v) is 13.6. The highest BCUT2D eigenvalue weighted by atomic mass is 32.1. The summed E-state index contributed by atoms with van der Waals surface area (Å²) in [6.07, 6.45) is 1.94. The summed E-state index contributed by atoms with van der Waals surface area (Å²) in [5, 5.41) is 5.97. The lowest BCUT2D eigenvalue weighted by Crippen LogP contribution is -2.03. The Morgan fingerprint density at radius 1 is 0.365 bits per heavy atom. The standard InChI is InChI=1S/C57H35N5S/c1-3-13-37(14-4-1)48-35-49(38-15-5-2-6-16-38)60-57(59-48)62-51-21-11-8-18-44(51)47-33-39(26-30-52(47)62)40-25-29-45-43-17-7-10-20-50(43)61(53(45)34-40)41-27-23-36(24-28-41)42-31-32-58-55-46-19-9-12-22-54(46)63-56(42)55/h1-35H. The van der Waals surface area contributed by atoms with Gasteiger partial charge in [-0.2, -0.15) is 0 Å². The van der Waals surface area contributed by atoms with E-state index in [1.807, 2.05) is 29.7 Å². The Hall–Kier alpha value is -8.19. The van der Waals surface area contributed by atoms with E-state index in [0.29, 0.717) is 5.95 Å². The first-order valence-corrected chi connectivity index (χ1v) is 22.0. The van der Waals surface area contributed by atoms with Gasteiger partial charge in [-0.05, 0) is 77.4 Å². The normalized spacial score (nSPS) is 11.8. The molecule has 0 fully saturated rings. The maximum atomic E-state index is 5.24. The SMILES string of the molecule is c1ccc(-c2cc(-c3ccccc3)nc(-n3c4ccccc4c4cc(-c5ccc6c7ccccc7n(-c7ccc(-c8ccnc9c8sc8ccccc89)cc7)c6c5)ccc43)n2)cc1. The minimum absolute atomic E-state index is 0.642. The molecule has 0 unspecified atom stereocenters. The first-order chi connectivity index (χ1) is 31.2. The van der Waals surface area contributed by atoms with Gasteiger partial charge in [-0.3, -0.25) is 9.55 Å². The number of hydrogen-bond donors (Lipinski definition) is 0. The third kappa shape index (κ3) is 5.73. The molecule has 0 aliphatic carbocycles. The van der Waals surface area contributed by atoms with Gasteiger partial charge in [0.1, 0.15) is 0 Å². The fourth-order valence-electron chi connectivity index (χ4n) is 9.47. The average molecular weight is 822 g/mol. The first-order valence-electron chi connectivity index (χ1n) is 21.2. The lowest BCUT2D eigenvalue weighted by Gasteiger charge is -2.12. The number of pyridine rings is 1. The van der Waals surface area contributed by atoms with Crippen LogP contribution in [0.4, 0.5) is 0 Å². The van der Waals surface area contributed by atoms with Crippen LogP contribution in [-0.2, 0) is 0 Å². The van der Waals surface area contributed by atoms with Gasteiger partial charge in [-0.15, -0.1) is 11.3 Å². The molecule has 5 heterocycles. The van der Waals surface area contributed by atoms with Crippen LogP contribution in [0.15, 0.2) is 212 Å². The number of hydrogen-bond acceptors (Lipinski definition) is 4. The zero-order chi connectivity index (χ0) is 41.4. The van der Waals surface area contributed by atoms with Gasteiger partial charge in [0.25, 0.3) is 0 Å². The second kappa shape index (κ2) is 14.2. The third-order valence-electron chi connectivity index (χ3n) is 12.4. The molecule has 0 radical (unpaired) electrons. The number of rotatable bonds is 6. The summed E-state index contributed by atoms with van der Waals surface area (Å²) in [7, 11) is 0. The van der Waals surface area contributed by atoms with Crippen molar-refractivity contribution in [1.29, 1.82) is 0 Å². The fourth-order valence-corrected chi connectivity index (χ4v) is 10.7. The van der Waals surface area contributed by atoms with Crippen molar-refractivity contribution in [3.63, 3.8) is 0 Å². The topological polar surface area (TPSA) is 48.5 Å². The maximum Gasteiger partial charge on any atom is 0.235 e. The molecule has 8 aromatic carbocycles. The lowest BCUT2D eigenvalue weighted by atomic mass is 10.0. The van der Waals surface area contributed by atoms with Crippen molar-refractivity contribution < 1.29 is 0 Å². The lowest BCUT2D eigenvalue weighted by molar-refractivity contribution is 0.995. The summed E-state index contributed by atoms with van der Waals surface area (Å²) in [6, 6.07) is 73.6. The Bertz CT molecular complexity index is 3840. The zero-order valence-electron chi connectivity index (χ0n) is 33.9. The van der Waals surface area contributed by atoms with E-state index in [9.17, 15) is 0 Å². The first kappa shape index (κ1) is 35.6. The highest BCUT2D eigenvalue weighted by Crippen LogP contribution is 2.41. The molecule has 0 atom stereocenters. The van der Waals surface area contributed by atoms with E-state index >= 15 is 0 Å². The van der Waals surface area contributed by atoms with Crippen LogP contribution < -0.4 is 0 Å². The van der Waals surface area contributed by atoms with Crippen molar-refractivity contribution in [3.8, 4) is 56.4 Å². The van der Waals surface area contributed by atoms with Crippen molar-refractivity contribution in [2.24, 2.45) is 0 Å². The van der Waals surface area contributed by atoms with E-state index in [1.54, 1.807) is 0 Å². The van der Waals surface area contributed by atoms with Gasteiger partial charge < -0.3 is 4.57 Å². The van der Waals surface area contributed by atoms with E-state index in [1.165, 1.54) is 47.7 Å². The highest BCUT2D eigenvalue weighted by molar-refractivity contribution is 7.26. The molecule has 5 nitrogen and oxygen atoms in total. The summed E-state index contributed by atoms with van der Waals surface area (Å²) in [5.41, 5.74) is 15.2. The van der Waals surface area contributed by atoms with Gasteiger partial charge in [-0.25, -0.2) is 9.97 Å². The van der Waals surface area contributed by atoms with E-state index < -0.39 is 0 Å². The van der Waals surface area contributed by atoms with Crippen LogP contribution in [0.25, 0.3) is 120 Å². The van der Waals surface area contributed by atoms with E-state index in [2.05, 4.69) is 203 Å². The molecule has 5 aromatic heterocycles. The van der Waals surface area contributed by atoms with Crippen LogP contribution in [0.2, 0.25) is 0 Å². The van der Waals surface area contributed by atoms with Gasteiger partial charge in [0.05, 0.1) is 43.7 Å². The molecule has 0 bridgehead atoms. The van der Waals surface area contributed by atoms with Crippen LogP contribution in [0.5, 0.6) is 0 Å². The Morgan fingerprint density at radius 3 is 1.65 bits per heavy atom. The number of fused-ring (bicyclic) bond motifs is 9. The quantitative estimate of drug-likeness (QED) is 0.168. The number of thiophene rings is 1. The summed E-state index contributed by atoms with van der Waals surface area (Å²) in [6.45, 7) is 0. The molecule has 0 N–H and O–H groups in total. The molecular weight excluding hydrogens is 787 g/mol. The van der Waals surface area contributed by atoms with Gasteiger partial charge in [-0.1, -0.05) is 146 Å². The summed E-state index contributed by atoms with van der Waals surface area (Å²) >= 11 is 1.81. The van der Waals surface area contributed by atoms with Gasteiger partial charge in [0.15, 0.2) is 0 Å². The molecule has 294 valence electrons. The van der Waals surface area contributed by atoms with Gasteiger partial charge in [0, 0.05) is 60.2 Å². The number of nitrogens with zero attached hydrogens (tertiary/aromatic N) is 5. The molecular formula is C57H35N5S. The number of benzene rings is 8. The minimum Gasteiger partial charge on any atom is -0.309 e. The molecule has 0 aliphatic rings.